The zero-order valence-corrected chi connectivity index (χ0v) is 13.8. The molecule has 0 aromatic rings. The van der Waals surface area contributed by atoms with Crippen LogP contribution in [-0.4, -0.2) is 30.4 Å². The van der Waals surface area contributed by atoms with Crippen molar-refractivity contribution in [2.24, 2.45) is 28.9 Å². The predicted molar refractivity (Wildman–Crippen MR) is 85.7 cm³/mol. The zero-order chi connectivity index (χ0) is 15.0. The Balaban J connectivity index is 1.57. The first-order valence-corrected chi connectivity index (χ1v) is 8.99. The Bertz CT molecular complexity index is 357. The fourth-order valence-electron chi connectivity index (χ4n) is 5.93. The van der Waals surface area contributed by atoms with Gasteiger partial charge in [0.05, 0.1) is 0 Å². The van der Waals surface area contributed by atoms with Gasteiger partial charge >= 0.3 is 0 Å². The normalized spacial score (nSPS) is 38.5. The van der Waals surface area contributed by atoms with Gasteiger partial charge in [0.25, 0.3) is 0 Å². The molecule has 21 heavy (non-hydrogen) atoms. The van der Waals surface area contributed by atoms with Gasteiger partial charge in [0.1, 0.15) is 0 Å². The Morgan fingerprint density at radius 2 is 1.71 bits per heavy atom. The van der Waals surface area contributed by atoms with Crippen molar-refractivity contribution in [1.82, 2.24) is 4.90 Å². The van der Waals surface area contributed by atoms with E-state index in [1.807, 2.05) is 11.9 Å². The molecule has 0 aliphatic heterocycles. The van der Waals surface area contributed by atoms with Crippen LogP contribution in [0.4, 0.5) is 0 Å². The van der Waals surface area contributed by atoms with Crippen molar-refractivity contribution >= 4 is 5.91 Å². The highest BCUT2D eigenvalue weighted by Gasteiger charge is 2.51. The Kier molecular flexibility index (Phi) is 4.31. The summed E-state index contributed by atoms with van der Waals surface area (Å²) in [6, 6.07) is 0.0429. The van der Waals surface area contributed by atoms with Gasteiger partial charge in [0.15, 0.2) is 0 Å². The molecule has 4 bridgehead atoms. The Hall–Kier alpha value is -0.570. The van der Waals surface area contributed by atoms with Crippen molar-refractivity contribution < 1.29 is 4.79 Å². The van der Waals surface area contributed by atoms with Gasteiger partial charge < -0.3 is 10.6 Å². The minimum atomic E-state index is 0.0429. The smallest absolute Gasteiger partial charge is 0.223 e. The largest absolute Gasteiger partial charge is 0.345 e. The van der Waals surface area contributed by atoms with E-state index in [4.69, 9.17) is 5.73 Å². The van der Waals surface area contributed by atoms with Gasteiger partial charge in [-0.25, -0.2) is 0 Å². The maximum absolute atomic E-state index is 12.4. The number of carbonyl (C=O) groups is 1. The molecule has 3 heteroatoms. The maximum atomic E-state index is 12.4. The lowest BCUT2D eigenvalue weighted by atomic mass is 9.49. The fraction of sp³-hybridized carbons (Fsp3) is 0.944. The van der Waals surface area contributed by atoms with Gasteiger partial charge in [-0.3, -0.25) is 4.79 Å². The second-order valence-corrected chi connectivity index (χ2v) is 8.42. The number of carbonyl (C=O) groups excluding carboxylic acids is 1. The third-order valence-electron chi connectivity index (χ3n) is 6.26. The van der Waals surface area contributed by atoms with Crippen LogP contribution in [0.1, 0.15) is 64.7 Å². The van der Waals surface area contributed by atoms with Crippen LogP contribution in [0.2, 0.25) is 0 Å². The molecule has 3 nitrogen and oxygen atoms in total. The van der Waals surface area contributed by atoms with E-state index in [0.29, 0.717) is 11.8 Å². The molecule has 4 fully saturated rings. The lowest BCUT2D eigenvalue weighted by Crippen LogP contribution is -2.51. The minimum absolute atomic E-state index is 0.0429. The molecule has 120 valence electrons. The van der Waals surface area contributed by atoms with E-state index in [1.54, 1.807) is 0 Å². The molecule has 4 rings (SSSR count). The third-order valence-corrected chi connectivity index (χ3v) is 6.26. The van der Waals surface area contributed by atoms with Crippen molar-refractivity contribution in [2.45, 2.75) is 70.8 Å². The van der Waals surface area contributed by atoms with Gasteiger partial charge in [0, 0.05) is 26.1 Å². The molecule has 0 aromatic carbocycles. The molecule has 1 amide bonds. The van der Waals surface area contributed by atoms with Crippen molar-refractivity contribution in [3.05, 3.63) is 0 Å². The first kappa shape index (κ1) is 15.3. The van der Waals surface area contributed by atoms with E-state index < -0.39 is 0 Å². The van der Waals surface area contributed by atoms with Gasteiger partial charge in [0.2, 0.25) is 5.91 Å². The Morgan fingerprint density at radius 1 is 1.19 bits per heavy atom. The molecular formula is C18H32N2O. The van der Waals surface area contributed by atoms with E-state index >= 15 is 0 Å². The second-order valence-electron chi connectivity index (χ2n) is 8.42. The lowest BCUT2D eigenvalue weighted by molar-refractivity contribution is -0.135. The van der Waals surface area contributed by atoms with Crippen molar-refractivity contribution in [1.29, 1.82) is 0 Å². The molecule has 0 heterocycles. The molecule has 0 aromatic heterocycles. The predicted octanol–water partition coefficient (Wildman–Crippen LogP) is 3.18. The van der Waals surface area contributed by atoms with E-state index in [9.17, 15) is 4.79 Å². The zero-order valence-electron chi connectivity index (χ0n) is 13.8. The number of nitrogens with zero attached hydrogens (tertiary/aromatic N) is 1. The van der Waals surface area contributed by atoms with Crippen molar-refractivity contribution in [3.8, 4) is 0 Å². The highest BCUT2D eigenvalue weighted by molar-refractivity contribution is 5.76. The van der Waals surface area contributed by atoms with Crippen LogP contribution in [-0.2, 0) is 4.79 Å². The highest BCUT2D eigenvalue weighted by atomic mass is 16.2. The number of hydrogen-bond donors (Lipinski definition) is 1. The van der Waals surface area contributed by atoms with Crippen LogP contribution in [0.25, 0.3) is 0 Å². The van der Waals surface area contributed by atoms with Gasteiger partial charge in [-0.15, -0.1) is 0 Å². The number of amides is 1. The lowest BCUT2D eigenvalue weighted by Gasteiger charge is -2.57. The minimum Gasteiger partial charge on any atom is -0.345 e. The average Bonchev–Trinajstić information content (AvgIpc) is 2.36. The van der Waals surface area contributed by atoms with Crippen LogP contribution in [0.15, 0.2) is 0 Å². The third kappa shape index (κ3) is 3.28. The van der Waals surface area contributed by atoms with Gasteiger partial charge in [-0.05, 0) is 68.1 Å². The Labute approximate surface area is 129 Å². The van der Waals surface area contributed by atoms with Crippen LogP contribution in [0.5, 0.6) is 0 Å². The number of hydrogen-bond acceptors (Lipinski definition) is 2. The molecule has 4 aliphatic rings. The highest BCUT2D eigenvalue weighted by Crippen LogP contribution is 2.60. The summed E-state index contributed by atoms with van der Waals surface area (Å²) in [6.45, 7) is 3.11. The maximum Gasteiger partial charge on any atom is 0.223 e. The molecule has 4 saturated carbocycles. The molecule has 1 unspecified atom stereocenters. The number of rotatable bonds is 6. The molecule has 0 spiro atoms. The summed E-state index contributed by atoms with van der Waals surface area (Å²) in [5.74, 6) is 3.14. The van der Waals surface area contributed by atoms with E-state index in [0.717, 1.165) is 37.1 Å². The summed E-state index contributed by atoms with van der Waals surface area (Å²) in [5.41, 5.74) is 6.49. The summed E-state index contributed by atoms with van der Waals surface area (Å²) in [4.78, 5) is 14.4. The summed E-state index contributed by atoms with van der Waals surface area (Å²) in [6.07, 6.45) is 11.1. The van der Waals surface area contributed by atoms with E-state index in [1.165, 1.54) is 38.5 Å². The van der Waals surface area contributed by atoms with Gasteiger partial charge in [-0.2, -0.15) is 0 Å². The van der Waals surface area contributed by atoms with Crippen molar-refractivity contribution in [2.75, 3.05) is 13.6 Å². The van der Waals surface area contributed by atoms with E-state index in [2.05, 4.69) is 6.92 Å². The summed E-state index contributed by atoms with van der Waals surface area (Å²) < 4.78 is 0. The second kappa shape index (κ2) is 5.91. The standard InChI is InChI=1S/C18H32N2O/c1-3-4-16(19)8-17(21)20(2)12-18-9-13-5-14(10-18)7-15(6-13)11-18/h13-16H,3-12,19H2,1-2H3. The van der Waals surface area contributed by atoms with Gasteiger partial charge in [-0.1, -0.05) is 13.3 Å². The van der Waals surface area contributed by atoms with Crippen molar-refractivity contribution in [3.63, 3.8) is 0 Å². The summed E-state index contributed by atoms with van der Waals surface area (Å²) in [5, 5.41) is 0. The monoisotopic (exact) mass is 292 g/mol. The van der Waals surface area contributed by atoms with E-state index in [-0.39, 0.29) is 11.9 Å². The number of nitrogens with two attached hydrogens (primary N) is 1. The first-order chi connectivity index (χ1) is 9.99. The summed E-state index contributed by atoms with van der Waals surface area (Å²) >= 11 is 0. The molecule has 0 saturated heterocycles. The fourth-order valence-corrected chi connectivity index (χ4v) is 5.93. The van der Waals surface area contributed by atoms with Crippen LogP contribution >= 0.6 is 0 Å². The van der Waals surface area contributed by atoms with Crippen LogP contribution in [0, 0.1) is 23.2 Å². The Morgan fingerprint density at radius 3 is 2.19 bits per heavy atom. The topological polar surface area (TPSA) is 46.3 Å². The quantitative estimate of drug-likeness (QED) is 0.817. The molecular weight excluding hydrogens is 260 g/mol. The SMILES string of the molecule is CCCC(N)CC(=O)N(C)CC12CC3CC(CC(C3)C1)C2. The van der Waals surface area contributed by atoms with Crippen LogP contribution in [0.3, 0.4) is 0 Å². The molecule has 4 aliphatic carbocycles. The average molecular weight is 292 g/mol. The molecule has 2 N–H and O–H groups in total. The summed E-state index contributed by atoms with van der Waals surface area (Å²) in [7, 11) is 2.00. The molecule has 0 radical (unpaired) electrons. The first-order valence-electron chi connectivity index (χ1n) is 8.99. The molecule has 1 atom stereocenters. The van der Waals surface area contributed by atoms with Crippen LogP contribution < -0.4 is 5.73 Å².